The first-order valence-electron chi connectivity index (χ1n) is 3.52. The third kappa shape index (κ3) is 1.06. The Morgan fingerprint density at radius 1 is 1.67 bits per heavy atom. The van der Waals surface area contributed by atoms with Crippen molar-refractivity contribution >= 4 is 33.4 Å². The number of rotatable bonds is 0. The summed E-state index contributed by atoms with van der Waals surface area (Å²) in [6.07, 6.45) is 1.83. The van der Waals surface area contributed by atoms with Crippen LogP contribution in [0.1, 0.15) is 10.5 Å². The molecule has 2 rings (SSSR count). The molecule has 1 amide bonds. The second kappa shape index (κ2) is 2.78. The van der Waals surface area contributed by atoms with E-state index in [0.717, 1.165) is 11.0 Å². The number of carbonyl (C=O) groups excluding carboxylic acids is 1. The van der Waals surface area contributed by atoms with Crippen molar-refractivity contribution in [1.82, 2.24) is 9.88 Å². The third-order valence-electron chi connectivity index (χ3n) is 1.83. The fraction of sp³-hybridized carbons (Fsp3) is 0.286. The number of amides is 1. The van der Waals surface area contributed by atoms with Gasteiger partial charge in [-0.15, -0.1) is 0 Å². The predicted molar refractivity (Wildman–Crippen MR) is 49.5 cm³/mol. The molecule has 5 heteroatoms. The molecule has 0 spiro atoms. The van der Waals surface area contributed by atoms with E-state index in [0.29, 0.717) is 17.3 Å². The van der Waals surface area contributed by atoms with Crippen LogP contribution in [-0.4, -0.2) is 17.0 Å². The van der Waals surface area contributed by atoms with Gasteiger partial charge in [0.05, 0.1) is 9.50 Å². The van der Waals surface area contributed by atoms with Crippen molar-refractivity contribution < 1.29 is 4.79 Å². The number of halogens is 2. The average Bonchev–Trinajstić information content (AvgIpc) is 2.29. The molecule has 0 aliphatic carbocycles. The van der Waals surface area contributed by atoms with Crippen LogP contribution in [0, 0.1) is 0 Å². The van der Waals surface area contributed by atoms with Crippen LogP contribution in [-0.2, 0) is 6.54 Å². The lowest BCUT2D eigenvalue weighted by molar-refractivity contribution is 0.0928. The Morgan fingerprint density at radius 2 is 2.42 bits per heavy atom. The highest BCUT2D eigenvalue weighted by Crippen LogP contribution is 2.29. The molecule has 0 radical (unpaired) electrons. The molecular weight excluding hydrogens is 243 g/mol. The predicted octanol–water partition coefficient (Wildman–Crippen LogP) is 1.65. The van der Waals surface area contributed by atoms with Crippen molar-refractivity contribution in [3.8, 4) is 0 Å². The minimum atomic E-state index is -0.100. The molecule has 1 aliphatic heterocycles. The van der Waals surface area contributed by atoms with Crippen LogP contribution in [0.5, 0.6) is 0 Å². The highest BCUT2D eigenvalue weighted by Gasteiger charge is 2.22. The van der Waals surface area contributed by atoms with Crippen molar-refractivity contribution in [3.63, 3.8) is 0 Å². The van der Waals surface area contributed by atoms with E-state index in [4.69, 9.17) is 11.6 Å². The number of nitrogens with zero attached hydrogens (tertiary/aromatic N) is 1. The van der Waals surface area contributed by atoms with E-state index in [9.17, 15) is 4.79 Å². The molecule has 1 N–H and O–H groups in total. The summed E-state index contributed by atoms with van der Waals surface area (Å²) in [6, 6.07) is 0. The molecule has 0 unspecified atom stereocenters. The van der Waals surface area contributed by atoms with Crippen molar-refractivity contribution in [2.75, 3.05) is 6.54 Å². The largest absolute Gasteiger partial charge is 0.349 e. The van der Waals surface area contributed by atoms with Crippen LogP contribution in [0.15, 0.2) is 10.7 Å². The maximum Gasteiger partial charge on any atom is 0.269 e. The standard InChI is InChI=1S/C7H6BrClN2O/c8-4-3-11-2-1-10-7(12)6(11)5(4)9/h3H,1-2H2,(H,10,12). The minimum Gasteiger partial charge on any atom is -0.349 e. The van der Waals surface area contributed by atoms with Gasteiger partial charge in [0.25, 0.3) is 5.91 Å². The highest BCUT2D eigenvalue weighted by molar-refractivity contribution is 9.10. The van der Waals surface area contributed by atoms with E-state index in [1.54, 1.807) is 0 Å². The maximum atomic E-state index is 11.3. The number of fused-ring (bicyclic) bond motifs is 1. The van der Waals surface area contributed by atoms with Crippen molar-refractivity contribution in [3.05, 3.63) is 21.4 Å². The molecule has 0 atom stereocenters. The van der Waals surface area contributed by atoms with Gasteiger partial charge in [-0.25, -0.2) is 0 Å². The van der Waals surface area contributed by atoms with Gasteiger partial charge in [-0.2, -0.15) is 0 Å². The van der Waals surface area contributed by atoms with Crippen molar-refractivity contribution in [2.45, 2.75) is 6.54 Å². The number of aromatic nitrogens is 1. The summed E-state index contributed by atoms with van der Waals surface area (Å²) in [6.45, 7) is 1.45. The van der Waals surface area contributed by atoms with Gasteiger partial charge in [0.2, 0.25) is 0 Å². The zero-order chi connectivity index (χ0) is 8.72. The highest BCUT2D eigenvalue weighted by atomic mass is 79.9. The lowest BCUT2D eigenvalue weighted by Crippen LogP contribution is -2.34. The molecule has 0 aromatic carbocycles. The molecule has 0 fully saturated rings. The maximum absolute atomic E-state index is 11.3. The molecule has 2 heterocycles. The molecule has 3 nitrogen and oxygen atoms in total. The first-order chi connectivity index (χ1) is 5.70. The Hall–Kier alpha value is -0.480. The molecule has 64 valence electrons. The van der Waals surface area contributed by atoms with Crippen LogP contribution in [0.3, 0.4) is 0 Å². The Labute approximate surface area is 82.8 Å². The van der Waals surface area contributed by atoms with E-state index in [1.807, 2.05) is 10.8 Å². The summed E-state index contributed by atoms with van der Waals surface area (Å²) in [5.74, 6) is -0.100. The van der Waals surface area contributed by atoms with Gasteiger partial charge in [0.1, 0.15) is 5.69 Å². The fourth-order valence-corrected chi connectivity index (χ4v) is 1.96. The third-order valence-corrected chi connectivity index (χ3v) is 3.04. The summed E-state index contributed by atoms with van der Waals surface area (Å²) in [4.78, 5) is 11.3. The van der Waals surface area contributed by atoms with Crippen LogP contribution >= 0.6 is 27.5 Å². The normalized spacial score (nSPS) is 15.7. The summed E-state index contributed by atoms with van der Waals surface area (Å²) in [5, 5.41) is 3.22. The van der Waals surface area contributed by atoms with Gasteiger partial charge in [-0.05, 0) is 15.9 Å². The van der Waals surface area contributed by atoms with Crippen molar-refractivity contribution in [2.24, 2.45) is 0 Å². The van der Waals surface area contributed by atoms with Crippen molar-refractivity contribution in [1.29, 1.82) is 0 Å². The van der Waals surface area contributed by atoms with Gasteiger partial charge in [-0.1, -0.05) is 11.6 Å². The molecule has 0 saturated carbocycles. The van der Waals surface area contributed by atoms with E-state index >= 15 is 0 Å². The van der Waals surface area contributed by atoms with E-state index < -0.39 is 0 Å². The van der Waals surface area contributed by atoms with E-state index in [2.05, 4.69) is 21.2 Å². The van der Waals surface area contributed by atoms with Gasteiger partial charge in [0.15, 0.2) is 0 Å². The topological polar surface area (TPSA) is 34.0 Å². The summed E-state index contributed by atoms with van der Waals surface area (Å²) < 4.78 is 2.63. The summed E-state index contributed by atoms with van der Waals surface area (Å²) >= 11 is 9.16. The van der Waals surface area contributed by atoms with Crippen LogP contribution in [0.25, 0.3) is 0 Å². The fourth-order valence-electron chi connectivity index (χ4n) is 1.28. The van der Waals surface area contributed by atoms with E-state index in [1.165, 1.54) is 0 Å². The molecular formula is C7H6BrClN2O. The first kappa shape index (κ1) is 8.13. The Bertz CT molecular complexity index is 347. The summed E-state index contributed by atoms with van der Waals surface area (Å²) in [7, 11) is 0. The van der Waals surface area contributed by atoms with Gasteiger partial charge in [0, 0.05) is 19.3 Å². The number of carbonyl (C=O) groups is 1. The quantitative estimate of drug-likeness (QED) is 0.745. The average molecular weight is 249 g/mol. The second-order valence-electron chi connectivity index (χ2n) is 2.59. The SMILES string of the molecule is O=C1NCCn2cc(Br)c(Cl)c21. The molecule has 12 heavy (non-hydrogen) atoms. The zero-order valence-corrected chi connectivity index (χ0v) is 8.44. The molecule has 0 bridgehead atoms. The van der Waals surface area contributed by atoms with E-state index in [-0.39, 0.29) is 5.91 Å². The van der Waals surface area contributed by atoms with Gasteiger partial charge >= 0.3 is 0 Å². The molecule has 1 aliphatic rings. The van der Waals surface area contributed by atoms with Crippen LogP contribution in [0.2, 0.25) is 5.02 Å². The lowest BCUT2D eigenvalue weighted by atomic mass is 10.3. The number of hydrogen-bond donors (Lipinski definition) is 1. The Balaban J connectivity index is 2.61. The Kier molecular flexibility index (Phi) is 1.88. The van der Waals surface area contributed by atoms with Crippen LogP contribution < -0.4 is 5.32 Å². The van der Waals surface area contributed by atoms with Gasteiger partial charge < -0.3 is 9.88 Å². The minimum absolute atomic E-state index is 0.100. The lowest BCUT2D eigenvalue weighted by Gasteiger charge is -2.15. The van der Waals surface area contributed by atoms with Crippen LogP contribution in [0.4, 0.5) is 0 Å². The Morgan fingerprint density at radius 3 is 3.08 bits per heavy atom. The first-order valence-corrected chi connectivity index (χ1v) is 4.69. The molecule has 1 aromatic rings. The van der Waals surface area contributed by atoms with Gasteiger partial charge in [-0.3, -0.25) is 4.79 Å². The molecule has 0 saturated heterocycles. The smallest absolute Gasteiger partial charge is 0.269 e. The molecule has 1 aromatic heterocycles. The summed E-state index contributed by atoms with van der Waals surface area (Å²) in [5.41, 5.74) is 0.551. The second-order valence-corrected chi connectivity index (χ2v) is 3.82. The number of nitrogens with one attached hydrogen (secondary N) is 1. The zero-order valence-electron chi connectivity index (χ0n) is 6.10. The number of hydrogen-bond acceptors (Lipinski definition) is 1. The monoisotopic (exact) mass is 248 g/mol.